The quantitative estimate of drug-likeness (QED) is 0.744. The first-order valence-electron chi connectivity index (χ1n) is 7.15. The maximum Gasteiger partial charge on any atom is 0.128 e. The Hall–Kier alpha value is -2.13. The SMILES string of the molecule is COc1cc(O)c2cc(Cl)n(C(C)c3cccc(C)c3)c2c1. The van der Waals surface area contributed by atoms with Crippen molar-refractivity contribution in [2.45, 2.75) is 19.9 Å². The highest BCUT2D eigenvalue weighted by molar-refractivity contribution is 6.31. The van der Waals surface area contributed by atoms with Crippen molar-refractivity contribution in [3.63, 3.8) is 0 Å². The summed E-state index contributed by atoms with van der Waals surface area (Å²) >= 11 is 6.43. The van der Waals surface area contributed by atoms with Crippen LogP contribution in [0.2, 0.25) is 5.15 Å². The van der Waals surface area contributed by atoms with Crippen molar-refractivity contribution >= 4 is 22.5 Å². The average Bonchev–Trinajstić information content (AvgIpc) is 2.83. The molecule has 0 saturated carbocycles. The zero-order valence-electron chi connectivity index (χ0n) is 12.8. The summed E-state index contributed by atoms with van der Waals surface area (Å²) in [5, 5.41) is 11.5. The number of halogens is 1. The van der Waals surface area contributed by atoms with Gasteiger partial charge in [-0.25, -0.2) is 0 Å². The summed E-state index contributed by atoms with van der Waals surface area (Å²) in [6.07, 6.45) is 0. The fourth-order valence-electron chi connectivity index (χ4n) is 2.84. The minimum atomic E-state index is 0.0522. The van der Waals surface area contributed by atoms with Crippen LogP contribution in [-0.4, -0.2) is 16.8 Å². The summed E-state index contributed by atoms with van der Waals surface area (Å²) in [6.45, 7) is 4.16. The highest BCUT2D eigenvalue weighted by Crippen LogP contribution is 2.37. The van der Waals surface area contributed by atoms with Gasteiger partial charge in [0, 0.05) is 17.5 Å². The van der Waals surface area contributed by atoms with Crippen LogP contribution in [0.1, 0.15) is 24.1 Å². The normalized spacial score (nSPS) is 12.5. The molecule has 3 nitrogen and oxygen atoms in total. The number of benzene rings is 2. The Morgan fingerprint density at radius 1 is 1.18 bits per heavy atom. The second-order valence-electron chi connectivity index (χ2n) is 5.51. The van der Waals surface area contributed by atoms with Gasteiger partial charge >= 0.3 is 0 Å². The van der Waals surface area contributed by atoms with Gasteiger partial charge in [-0.05, 0) is 25.5 Å². The van der Waals surface area contributed by atoms with Gasteiger partial charge in [0.2, 0.25) is 0 Å². The Labute approximate surface area is 134 Å². The summed E-state index contributed by atoms with van der Waals surface area (Å²) in [6, 6.07) is 13.7. The zero-order valence-corrected chi connectivity index (χ0v) is 13.6. The van der Waals surface area contributed by atoms with Crippen LogP contribution >= 0.6 is 11.6 Å². The molecule has 3 aromatic rings. The predicted octanol–water partition coefficient (Wildman–Crippen LogP) is 4.93. The summed E-state index contributed by atoms with van der Waals surface area (Å²) < 4.78 is 7.26. The van der Waals surface area contributed by atoms with Crippen molar-refractivity contribution in [2.75, 3.05) is 7.11 Å². The third-order valence-electron chi connectivity index (χ3n) is 4.01. The lowest BCUT2D eigenvalue weighted by atomic mass is 10.1. The number of hydrogen-bond donors (Lipinski definition) is 1. The number of hydrogen-bond acceptors (Lipinski definition) is 2. The van der Waals surface area contributed by atoms with Crippen molar-refractivity contribution in [3.8, 4) is 11.5 Å². The fraction of sp³-hybridized carbons (Fsp3) is 0.222. The first kappa shape index (κ1) is 14.8. The molecule has 22 heavy (non-hydrogen) atoms. The summed E-state index contributed by atoms with van der Waals surface area (Å²) in [5.41, 5.74) is 3.23. The van der Waals surface area contributed by atoms with Gasteiger partial charge < -0.3 is 14.4 Å². The average molecular weight is 316 g/mol. The molecule has 3 rings (SSSR count). The molecule has 0 saturated heterocycles. The smallest absolute Gasteiger partial charge is 0.128 e. The predicted molar refractivity (Wildman–Crippen MR) is 90.2 cm³/mol. The van der Waals surface area contributed by atoms with E-state index < -0.39 is 0 Å². The number of fused-ring (bicyclic) bond motifs is 1. The molecule has 1 heterocycles. The molecule has 1 N–H and O–H groups in total. The van der Waals surface area contributed by atoms with E-state index in [-0.39, 0.29) is 11.8 Å². The van der Waals surface area contributed by atoms with Gasteiger partial charge in [-0.3, -0.25) is 0 Å². The van der Waals surface area contributed by atoms with Crippen molar-refractivity contribution in [1.82, 2.24) is 4.57 Å². The number of methoxy groups -OCH3 is 1. The Morgan fingerprint density at radius 3 is 2.64 bits per heavy atom. The van der Waals surface area contributed by atoms with Gasteiger partial charge in [-0.15, -0.1) is 0 Å². The molecule has 2 aromatic carbocycles. The van der Waals surface area contributed by atoms with Crippen LogP contribution in [0.4, 0.5) is 0 Å². The molecule has 0 fully saturated rings. The number of aromatic hydroxyl groups is 1. The highest BCUT2D eigenvalue weighted by atomic mass is 35.5. The van der Waals surface area contributed by atoms with Gasteiger partial charge in [0.05, 0.1) is 18.7 Å². The number of aryl methyl sites for hydroxylation is 1. The molecule has 1 atom stereocenters. The molecule has 0 spiro atoms. The molecule has 1 unspecified atom stereocenters. The van der Waals surface area contributed by atoms with Crippen molar-refractivity contribution < 1.29 is 9.84 Å². The minimum absolute atomic E-state index is 0.0522. The molecule has 0 aliphatic heterocycles. The Balaban J connectivity index is 2.21. The van der Waals surface area contributed by atoms with Crippen LogP contribution in [0, 0.1) is 6.92 Å². The summed E-state index contributed by atoms with van der Waals surface area (Å²) in [7, 11) is 1.58. The lowest BCUT2D eigenvalue weighted by Gasteiger charge is -2.18. The minimum Gasteiger partial charge on any atom is -0.507 e. The molecule has 114 valence electrons. The molecular formula is C18H18ClNO2. The Kier molecular flexibility index (Phi) is 3.75. The standard InChI is InChI=1S/C18H18ClNO2/c1-11-5-4-6-13(7-11)12(2)20-16-8-14(22-3)9-17(21)15(16)10-18(20)19/h4-10,12,21H,1-3H3. The molecule has 0 bridgehead atoms. The van der Waals surface area contributed by atoms with Gasteiger partial charge in [0.25, 0.3) is 0 Å². The van der Waals surface area contributed by atoms with Crippen LogP contribution in [0.25, 0.3) is 10.9 Å². The second kappa shape index (κ2) is 5.58. The monoisotopic (exact) mass is 315 g/mol. The molecule has 0 aliphatic carbocycles. The van der Waals surface area contributed by atoms with E-state index >= 15 is 0 Å². The van der Waals surface area contributed by atoms with E-state index in [1.165, 1.54) is 11.1 Å². The largest absolute Gasteiger partial charge is 0.507 e. The lowest BCUT2D eigenvalue weighted by molar-refractivity contribution is 0.409. The van der Waals surface area contributed by atoms with Gasteiger partial charge in [0.1, 0.15) is 16.7 Å². The zero-order chi connectivity index (χ0) is 15.9. The topological polar surface area (TPSA) is 34.4 Å². The molecule has 1 aromatic heterocycles. The first-order chi connectivity index (χ1) is 10.5. The van der Waals surface area contributed by atoms with E-state index in [9.17, 15) is 5.11 Å². The van der Waals surface area contributed by atoms with Gasteiger partial charge in [-0.2, -0.15) is 0 Å². The third kappa shape index (κ3) is 2.42. The molecule has 0 amide bonds. The van der Waals surface area contributed by atoms with E-state index in [4.69, 9.17) is 16.3 Å². The van der Waals surface area contributed by atoms with Gasteiger partial charge in [-0.1, -0.05) is 41.4 Å². The van der Waals surface area contributed by atoms with Crippen molar-refractivity contribution in [3.05, 3.63) is 58.7 Å². The lowest BCUT2D eigenvalue weighted by Crippen LogP contribution is -2.06. The van der Waals surface area contributed by atoms with E-state index in [1.807, 2.05) is 16.7 Å². The fourth-order valence-corrected chi connectivity index (χ4v) is 3.19. The van der Waals surface area contributed by atoms with Crippen molar-refractivity contribution in [1.29, 1.82) is 0 Å². The van der Waals surface area contributed by atoms with Crippen LogP contribution in [0.3, 0.4) is 0 Å². The number of phenolic OH excluding ortho intramolecular Hbond substituents is 1. The van der Waals surface area contributed by atoms with E-state index in [2.05, 4.69) is 32.0 Å². The molecular weight excluding hydrogens is 298 g/mol. The number of ether oxygens (including phenoxy) is 1. The highest BCUT2D eigenvalue weighted by Gasteiger charge is 2.17. The van der Waals surface area contributed by atoms with Crippen LogP contribution in [0.15, 0.2) is 42.5 Å². The number of phenols is 1. The van der Waals surface area contributed by atoms with E-state index in [0.29, 0.717) is 10.9 Å². The molecule has 0 aliphatic rings. The van der Waals surface area contributed by atoms with Crippen molar-refractivity contribution in [2.24, 2.45) is 0 Å². The Bertz CT molecular complexity index is 838. The van der Waals surface area contributed by atoms with E-state index in [1.54, 1.807) is 19.2 Å². The molecule has 4 heteroatoms. The van der Waals surface area contributed by atoms with Crippen LogP contribution < -0.4 is 4.74 Å². The van der Waals surface area contributed by atoms with Gasteiger partial charge in [0.15, 0.2) is 0 Å². The number of nitrogens with zero attached hydrogens (tertiary/aromatic N) is 1. The Morgan fingerprint density at radius 2 is 1.95 bits per heavy atom. The summed E-state index contributed by atoms with van der Waals surface area (Å²) in [4.78, 5) is 0. The first-order valence-corrected chi connectivity index (χ1v) is 7.53. The maximum absolute atomic E-state index is 10.2. The third-order valence-corrected chi connectivity index (χ3v) is 4.30. The second-order valence-corrected chi connectivity index (χ2v) is 5.89. The maximum atomic E-state index is 10.2. The number of aromatic nitrogens is 1. The van der Waals surface area contributed by atoms with E-state index in [0.717, 1.165) is 10.9 Å². The molecule has 0 radical (unpaired) electrons. The van der Waals surface area contributed by atoms with Crippen LogP contribution in [0.5, 0.6) is 11.5 Å². The van der Waals surface area contributed by atoms with Crippen LogP contribution in [-0.2, 0) is 0 Å². The summed E-state index contributed by atoms with van der Waals surface area (Å²) in [5.74, 6) is 0.781. The number of rotatable bonds is 3.